The molecule has 2 N–H and O–H groups in total. The molecule has 7 nitrogen and oxygen atoms in total. The number of hydrogen-bond acceptors (Lipinski definition) is 4. The highest BCUT2D eigenvalue weighted by Crippen LogP contribution is 2.52. The Morgan fingerprint density at radius 3 is 2.72 bits per heavy atom. The van der Waals surface area contributed by atoms with Crippen molar-refractivity contribution < 1.29 is 9.59 Å². The molecule has 1 aliphatic carbocycles. The van der Waals surface area contributed by atoms with E-state index < -0.39 is 0 Å². The summed E-state index contributed by atoms with van der Waals surface area (Å²) in [6.45, 7) is 4.81. The number of hydrogen-bond donors (Lipinski definition) is 2. The van der Waals surface area contributed by atoms with Crippen molar-refractivity contribution in [1.82, 2.24) is 19.9 Å². The number of anilines is 1. The average molecular weight is 339 g/mol. The fraction of sp³-hybridized carbons (Fsp3) is 0.444. The number of carbonyl (C=O) groups is 2. The standard InChI is InChI=1S/C18H21N5O2/c1-11(2)13-8-12-15(21-13)16(25)23(10-18(12)4-5-18)9-14(24)22-17-19-6-3-7-20-17/h3,6-8,11,21H,4-5,9-10H2,1-2H3,(H,19,20,22,24). The molecule has 0 aromatic carbocycles. The maximum Gasteiger partial charge on any atom is 0.271 e. The molecule has 0 radical (unpaired) electrons. The van der Waals surface area contributed by atoms with E-state index in [1.54, 1.807) is 23.4 Å². The Hall–Kier alpha value is -2.70. The van der Waals surface area contributed by atoms with Crippen molar-refractivity contribution in [1.29, 1.82) is 0 Å². The Kier molecular flexibility index (Phi) is 3.59. The number of H-pyrrole nitrogens is 1. The first-order chi connectivity index (χ1) is 12.0. The molecule has 0 atom stereocenters. The third-order valence-electron chi connectivity index (χ3n) is 5.03. The van der Waals surface area contributed by atoms with Crippen molar-refractivity contribution >= 4 is 17.8 Å². The van der Waals surface area contributed by atoms with Gasteiger partial charge in [-0.05, 0) is 36.5 Å². The van der Waals surface area contributed by atoms with Crippen LogP contribution in [0.15, 0.2) is 24.5 Å². The third kappa shape index (κ3) is 2.79. The van der Waals surface area contributed by atoms with Gasteiger partial charge in [0.1, 0.15) is 12.2 Å². The average Bonchev–Trinajstić information content (AvgIpc) is 3.19. The van der Waals surface area contributed by atoms with Gasteiger partial charge in [0, 0.05) is 30.0 Å². The van der Waals surface area contributed by atoms with Crippen LogP contribution in [0.4, 0.5) is 5.95 Å². The summed E-state index contributed by atoms with van der Waals surface area (Å²) in [6, 6.07) is 3.82. The van der Waals surface area contributed by atoms with Crippen LogP contribution < -0.4 is 5.32 Å². The molecular weight excluding hydrogens is 318 g/mol. The predicted octanol–water partition coefficient (Wildman–Crippen LogP) is 2.05. The minimum absolute atomic E-state index is 0.00824. The molecule has 4 rings (SSSR count). The van der Waals surface area contributed by atoms with Crippen molar-refractivity contribution in [3.63, 3.8) is 0 Å². The summed E-state index contributed by atoms with van der Waals surface area (Å²) >= 11 is 0. The summed E-state index contributed by atoms with van der Waals surface area (Å²) in [5.74, 6) is 0.194. The number of nitrogens with one attached hydrogen (secondary N) is 2. The summed E-state index contributed by atoms with van der Waals surface area (Å²) in [7, 11) is 0. The second-order valence-corrected chi connectivity index (χ2v) is 7.23. The highest BCUT2D eigenvalue weighted by Gasteiger charge is 2.52. The van der Waals surface area contributed by atoms with Crippen LogP contribution >= 0.6 is 0 Å². The first-order valence-electron chi connectivity index (χ1n) is 8.58. The predicted molar refractivity (Wildman–Crippen MR) is 92.4 cm³/mol. The number of nitrogens with zero attached hydrogens (tertiary/aromatic N) is 3. The lowest BCUT2D eigenvalue weighted by Gasteiger charge is -2.32. The van der Waals surface area contributed by atoms with Crippen LogP contribution in [0, 0.1) is 0 Å². The second-order valence-electron chi connectivity index (χ2n) is 7.23. The molecule has 130 valence electrons. The van der Waals surface area contributed by atoms with Gasteiger partial charge in [0.05, 0.1) is 0 Å². The summed E-state index contributed by atoms with van der Waals surface area (Å²) in [6.07, 6.45) is 5.24. The van der Waals surface area contributed by atoms with E-state index in [1.807, 2.05) is 0 Å². The first kappa shape index (κ1) is 15.8. The zero-order valence-corrected chi connectivity index (χ0v) is 14.4. The van der Waals surface area contributed by atoms with Gasteiger partial charge in [-0.2, -0.15) is 0 Å². The van der Waals surface area contributed by atoms with Gasteiger partial charge in [-0.25, -0.2) is 9.97 Å². The second kappa shape index (κ2) is 5.68. The van der Waals surface area contributed by atoms with Gasteiger partial charge in [-0.15, -0.1) is 0 Å². The largest absolute Gasteiger partial charge is 0.354 e. The summed E-state index contributed by atoms with van der Waals surface area (Å²) in [5.41, 5.74) is 2.88. The van der Waals surface area contributed by atoms with Gasteiger partial charge < -0.3 is 9.88 Å². The SMILES string of the molecule is CC(C)c1cc2c([nH]1)C(=O)N(CC(=O)Nc1ncccn1)CC21CC1. The number of fused-ring (bicyclic) bond motifs is 2. The van der Waals surface area contributed by atoms with E-state index in [9.17, 15) is 9.59 Å². The van der Waals surface area contributed by atoms with Crippen LogP contribution in [0.5, 0.6) is 0 Å². The van der Waals surface area contributed by atoms with Crippen LogP contribution in [0.2, 0.25) is 0 Å². The van der Waals surface area contributed by atoms with Crippen LogP contribution in [0.1, 0.15) is 54.4 Å². The molecule has 1 aliphatic heterocycles. The van der Waals surface area contributed by atoms with Crippen LogP contribution in [0.3, 0.4) is 0 Å². The van der Waals surface area contributed by atoms with E-state index in [-0.39, 0.29) is 29.7 Å². The first-order valence-corrected chi connectivity index (χ1v) is 8.58. The van der Waals surface area contributed by atoms with E-state index in [2.05, 4.69) is 40.2 Å². The summed E-state index contributed by atoms with van der Waals surface area (Å²) in [5, 5.41) is 2.64. The molecule has 0 unspecified atom stereocenters. The number of aromatic nitrogens is 3. The molecule has 7 heteroatoms. The zero-order chi connectivity index (χ0) is 17.6. The minimum Gasteiger partial charge on any atom is -0.354 e. The van der Waals surface area contributed by atoms with Crippen molar-refractivity contribution in [2.24, 2.45) is 0 Å². The van der Waals surface area contributed by atoms with Gasteiger partial charge in [-0.3, -0.25) is 14.9 Å². The van der Waals surface area contributed by atoms with Gasteiger partial charge in [0.2, 0.25) is 11.9 Å². The molecule has 0 saturated heterocycles. The number of rotatable bonds is 4. The molecule has 3 heterocycles. The lowest BCUT2D eigenvalue weighted by Crippen LogP contribution is -2.46. The zero-order valence-electron chi connectivity index (χ0n) is 14.4. The Balaban J connectivity index is 1.54. The van der Waals surface area contributed by atoms with Crippen molar-refractivity contribution in [2.75, 3.05) is 18.4 Å². The topological polar surface area (TPSA) is 91.0 Å². The lowest BCUT2D eigenvalue weighted by atomic mass is 9.90. The van der Waals surface area contributed by atoms with Crippen molar-refractivity contribution in [3.8, 4) is 0 Å². The fourth-order valence-electron chi connectivity index (χ4n) is 3.46. The van der Waals surface area contributed by atoms with E-state index in [0.717, 1.165) is 24.1 Å². The van der Waals surface area contributed by atoms with E-state index in [0.29, 0.717) is 18.2 Å². The monoisotopic (exact) mass is 339 g/mol. The maximum atomic E-state index is 12.8. The number of aromatic amines is 1. The van der Waals surface area contributed by atoms with E-state index in [1.165, 1.54) is 0 Å². The number of carbonyl (C=O) groups excluding carboxylic acids is 2. The fourth-order valence-corrected chi connectivity index (χ4v) is 3.46. The molecule has 0 bridgehead atoms. The van der Waals surface area contributed by atoms with E-state index >= 15 is 0 Å². The van der Waals surface area contributed by atoms with Gasteiger partial charge in [0.25, 0.3) is 5.91 Å². The maximum absolute atomic E-state index is 12.8. The van der Waals surface area contributed by atoms with Crippen LogP contribution in [-0.2, 0) is 10.2 Å². The molecule has 2 aromatic rings. The lowest BCUT2D eigenvalue weighted by molar-refractivity contribution is -0.117. The highest BCUT2D eigenvalue weighted by atomic mass is 16.2. The third-order valence-corrected chi connectivity index (χ3v) is 5.03. The Bertz CT molecular complexity index is 823. The quantitative estimate of drug-likeness (QED) is 0.892. The van der Waals surface area contributed by atoms with E-state index in [4.69, 9.17) is 0 Å². The minimum atomic E-state index is -0.283. The molecular formula is C18H21N5O2. The number of amides is 2. The smallest absolute Gasteiger partial charge is 0.271 e. The van der Waals surface area contributed by atoms with Crippen LogP contribution in [-0.4, -0.2) is 44.8 Å². The van der Waals surface area contributed by atoms with Crippen molar-refractivity contribution in [3.05, 3.63) is 41.5 Å². The summed E-state index contributed by atoms with van der Waals surface area (Å²) < 4.78 is 0. The van der Waals surface area contributed by atoms with Gasteiger partial charge >= 0.3 is 0 Å². The Morgan fingerprint density at radius 2 is 2.08 bits per heavy atom. The summed E-state index contributed by atoms with van der Waals surface area (Å²) in [4.78, 5) is 38.0. The van der Waals surface area contributed by atoms with Gasteiger partial charge in [0.15, 0.2) is 0 Å². The van der Waals surface area contributed by atoms with Crippen LogP contribution in [0.25, 0.3) is 0 Å². The molecule has 1 spiro atoms. The highest BCUT2D eigenvalue weighted by molar-refractivity contribution is 6.00. The van der Waals surface area contributed by atoms with Crippen molar-refractivity contribution in [2.45, 2.75) is 38.0 Å². The molecule has 2 amide bonds. The molecule has 1 fully saturated rings. The molecule has 2 aromatic heterocycles. The molecule has 1 saturated carbocycles. The normalized spacial score (nSPS) is 17.7. The Labute approximate surface area is 145 Å². The molecule has 25 heavy (non-hydrogen) atoms. The van der Waals surface area contributed by atoms with Gasteiger partial charge in [-0.1, -0.05) is 13.8 Å². The Morgan fingerprint density at radius 1 is 1.36 bits per heavy atom. The molecule has 2 aliphatic rings.